The summed E-state index contributed by atoms with van der Waals surface area (Å²) in [6.07, 6.45) is 1.69. The molecule has 37 heavy (non-hydrogen) atoms. The lowest BCUT2D eigenvalue weighted by atomic mass is 10.1. The number of amides is 2. The fourth-order valence-corrected chi connectivity index (χ4v) is 5.39. The van der Waals surface area contributed by atoms with Crippen LogP contribution in [-0.4, -0.2) is 64.4 Å². The van der Waals surface area contributed by atoms with Gasteiger partial charge in [-0.2, -0.15) is 0 Å². The van der Waals surface area contributed by atoms with Gasteiger partial charge in [-0.15, -0.1) is 28.1 Å². The van der Waals surface area contributed by atoms with Crippen molar-refractivity contribution in [3.63, 3.8) is 0 Å². The minimum absolute atomic E-state index is 0.0187. The van der Waals surface area contributed by atoms with Gasteiger partial charge in [-0.25, -0.2) is 4.79 Å². The predicted molar refractivity (Wildman–Crippen MR) is 144 cm³/mol. The zero-order chi connectivity index (χ0) is 27.1. The molecule has 0 saturated heterocycles. The van der Waals surface area contributed by atoms with Crippen LogP contribution in [0.25, 0.3) is 0 Å². The molecule has 0 saturated carbocycles. The van der Waals surface area contributed by atoms with E-state index in [0.717, 1.165) is 23.1 Å². The van der Waals surface area contributed by atoms with E-state index in [9.17, 15) is 14.4 Å². The molecule has 2 amide bonds. The summed E-state index contributed by atoms with van der Waals surface area (Å²) < 4.78 is 12.4. The van der Waals surface area contributed by atoms with Crippen LogP contribution in [0.2, 0.25) is 5.02 Å². The van der Waals surface area contributed by atoms with Crippen LogP contribution in [0.4, 0.5) is 5.00 Å². The van der Waals surface area contributed by atoms with Crippen molar-refractivity contribution in [2.45, 2.75) is 25.2 Å². The number of para-hydroxylation sites is 1. The van der Waals surface area contributed by atoms with Crippen molar-refractivity contribution in [2.75, 3.05) is 32.3 Å². The molecule has 196 valence electrons. The molecule has 0 aliphatic heterocycles. The molecule has 13 heteroatoms. The van der Waals surface area contributed by atoms with Gasteiger partial charge in [0, 0.05) is 20.6 Å². The van der Waals surface area contributed by atoms with Crippen molar-refractivity contribution in [3.8, 4) is 5.75 Å². The highest BCUT2D eigenvalue weighted by Crippen LogP contribution is 2.34. The standard InChI is InChI=1S/C24H26ClN5O5S2/c1-6-11-30-17(12-35-16-10-8-7-9-15(16)25)27-28-24(30)36-13-18(31)26-21-19(23(33)34-5)14(2)20(37-21)22(32)29(3)4/h6-10H,1,11-13H2,2-5H3,(H,26,31). The van der Waals surface area contributed by atoms with Gasteiger partial charge in [0.25, 0.3) is 5.91 Å². The number of methoxy groups -OCH3 is 1. The van der Waals surface area contributed by atoms with Crippen LogP contribution < -0.4 is 10.1 Å². The molecule has 0 aliphatic rings. The molecule has 2 aromatic heterocycles. The van der Waals surface area contributed by atoms with Crippen molar-refractivity contribution in [1.29, 1.82) is 0 Å². The first-order valence-electron chi connectivity index (χ1n) is 10.9. The van der Waals surface area contributed by atoms with Gasteiger partial charge in [0.1, 0.15) is 17.4 Å². The number of hydrogen-bond donors (Lipinski definition) is 1. The summed E-state index contributed by atoms with van der Waals surface area (Å²) in [5, 5.41) is 12.3. The van der Waals surface area contributed by atoms with Crippen LogP contribution in [-0.2, 0) is 22.7 Å². The van der Waals surface area contributed by atoms with E-state index in [1.807, 2.05) is 12.1 Å². The Morgan fingerprint density at radius 3 is 2.65 bits per heavy atom. The van der Waals surface area contributed by atoms with E-state index >= 15 is 0 Å². The number of carbonyl (C=O) groups excluding carboxylic acids is 3. The second-order valence-corrected chi connectivity index (χ2v) is 10.2. The van der Waals surface area contributed by atoms with Gasteiger partial charge in [0.05, 0.1) is 28.3 Å². The second-order valence-electron chi connectivity index (χ2n) is 7.81. The highest BCUT2D eigenvalue weighted by molar-refractivity contribution is 7.99. The van der Waals surface area contributed by atoms with E-state index in [1.165, 1.54) is 12.0 Å². The number of ether oxygens (including phenoxy) is 2. The number of rotatable bonds is 11. The maximum absolute atomic E-state index is 12.8. The van der Waals surface area contributed by atoms with Crippen molar-refractivity contribution < 1.29 is 23.9 Å². The fourth-order valence-electron chi connectivity index (χ4n) is 3.20. The molecule has 0 aliphatic carbocycles. The molecule has 0 atom stereocenters. The largest absolute Gasteiger partial charge is 0.484 e. The average Bonchev–Trinajstić information content (AvgIpc) is 3.41. The Morgan fingerprint density at radius 1 is 1.27 bits per heavy atom. The number of carbonyl (C=O) groups is 3. The third-order valence-corrected chi connectivity index (χ3v) is 7.49. The molecule has 3 rings (SSSR count). The molecule has 0 spiro atoms. The summed E-state index contributed by atoms with van der Waals surface area (Å²) >= 11 is 8.34. The Hall–Kier alpha value is -3.35. The summed E-state index contributed by atoms with van der Waals surface area (Å²) in [5.74, 6) is -0.255. The van der Waals surface area contributed by atoms with E-state index in [2.05, 4.69) is 22.1 Å². The summed E-state index contributed by atoms with van der Waals surface area (Å²) in [6, 6.07) is 7.10. The number of thiophene rings is 1. The lowest BCUT2D eigenvalue weighted by Crippen LogP contribution is -2.21. The molecule has 3 aromatic rings. The summed E-state index contributed by atoms with van der Waals surface area (Å²) in [7, 11) is 4.47. The van der Waals surface area contributed by atoms with E-state index in [-0.39, 0.29) is 34.7 Å². The zero-order valence-corrected chi connectivity index (χ0v) is 23.1. The normalized spacial score (nSPS) is 10.6. The van der Waals surface area contributed by atoms with Crippen LogP contribution in [0.3, 0.4) is 0 Å². The number of halogens is 1. The molecule has 0 radical (unpaired) electrons. The summed E-state index contributed by atoms with van der Waals surface area (Å²) in [6.45, 7) is 5.95. The number of nitrogens with zero attached hydrogens (tertiary/aromatic N) is 4. The third-order valence-electron chi connectivity index (χ3n) is 5.02. The maximum Gasteiger partial charge on any atom is 0.341 e. The van der Waals surface area contributed by atoms with Gasteiger partial charge in [0.15, 0.2) is 11.0 Å². The van der Waals surface area contributed by atoms with Gasteiger partial charge in [-0.05, 0) is 24.6 Å². The molecule has 10 nitrogen and oxygen atoms in total. The molecule has 1 N–H and O–H groups in total. The quantitative estimate of drug-likeness (QED) is 0.209. The number of hydrogen-bond acceptors (Lipinski definition) is 9. The highest BCUT2D eigenvalue weighted by atomic mass is 35.5. The Balaban J connectivity index is 1.73. The van der Waals surface area contributed by atoms with E-state index in [1.54, 1.807) is 43.8 Å². The first-order chi connectivity index (χ1) is 17.7. The van der Waals surface area contributed by atoms with Crippen molar-refractivity contribution in [3.05, 3.63) is 63.8 Å². The smallest absolute Gasteiger partial charge is 0.341 e. The van der Waals surface area contributed by atoms with Crippen LogP contribution in [0.15, 0.2) is 42.1 Å². The summed E-state index contributed by atoms with van der Waals surface area (Å²) in [5.41, 5.74) is 0.609. The number of thioether (sulfide) groups is 1. The van der Waals surface area contributed by atoms with Crippen molar-refractivity contribution in [2.24, 2.45) is 0 Å². The topological polar surface area (TPSA) is 116 Å². The molecular formula is C24H26ClN5O5S2. The van der Waals surface area contributed by atoms with E-state index < -0.39 is 5.97 Å². The minimum Gasteiger partial charge on any atom is -0.484 e. The third kappa shape index (κ3) is 6.70. The Labute approximate surface area is 227 Å². The maximum atomic E-state index is 12.8. The van der Waals surface area contributed by atoms with Gasteiger partial charge < -0.3 is 19.7 Å². The lowest BCUT2D eigenvalue weighted by Gasteiger charge is -2.10. The summed E-state index contributed by atoms with van der Waals surface area (Å²) in [4.78, 5) is 39.5. The van der Waals surface area contributed by atoms with Crippen molar-refractivity contribution in [1.82, 2.24) is 19.7 Å². The number of allylic oxidation sites excluding steroid dienone is 1. The highest BCUT2D eigenvalue weighted by Gasteiger charge is 2.27. The minimum atomic E-state index is -0.636. The number of nitrogens with one attached hydrogen (secondary N) is 1. The average molecular weight is 564 g/mol. The van der Waals surface area contributed by atoms with Gasteiger partial charge >= 0.3 is 5.97 Å². The number of anilines is 1. The Morgan fingerprint density at radius 2 is 2.00 bits per heavy atom. The molecule has 0 unspecified atom stereocenters. The van der Waals surface area contributed by atoms with Crippen LogP contribution in [0.1, 0.15) is 31.4 Å². The van der Waals surface area contributed by atoms with Gasteiger partial charge in [0.2, 0.25) is 5.91 Å². The SMILES string of the molecule is C=CCn1c(COc2ccccc2Cl)nnc1SCC(=O)Nc1sc(C(=O)N(C)C)c(C)c1C(=O)OC. The molecule has 1 aromatic carbocycles. The van der Waals surface area contributed by atoms with Crippen LogP contribution >= 0.6 is 34.7 Å². The zero-order valence-electron chi connectivity index (χ0n) is 20.7. The van der Waals surface area contributed by atoms with Gasteiger partial charge in [-0.3, -0.25) is 14.2 Å². The molecule has 0 fully saturated rings. The number of esters is 1. The van der Waals surface area contributed by atoms with Crippen LogP contribution in [0, 0.1) is 6.92 Å². The number of aromatic nitrogens is 3. The van der Waals surface area contributed by atoms with Crippen molar-refractivity contribution >= 4 is 57.5 Å². The van der Waals surface area contributed by atoms with E-state index in [0.29, 0.717) is 38.7 Å². The molecule has 2 heterocycles. The molecular weight excluding hydrogens is 538 g/mol. The predicted octanol–water partition coefficient (Wildman–Crippen LogP) is 4.29. The lowest BCUT2D eigenvalue weighted by molar-refractivity contribution is -0.113. The number of benzene rings is 1. The Bertz CT molecular complexity index is 1320. The van der Waals surface area contributed by atoms with Crippen LogP contribution in [0.5, 0.6) is 5.75 Å². The first-order valence-corrected chi connectivity index (χ1v) is 13.1. The second kappa shape index (κ2) is 12.7. The van der Waals surface area contributed by atoms with Gasteiger partial charge in [-0.1, -0.05) is 41.6 Å². The first kappa shape index (κ1) is 28.2. The fraction of sp³-hybridized carbons (Fsp3) is 0.292. The monoisotopic (exact) mass is 563 g/mol. The Kier molecular flexibility index (Phi) is 9.73. The molecule has 0 bridgehead atoms. The van der Waals surface area contributed by atoms with E-state index in [4.69, 9.17) is 21.1 Å².